The summed E-state index contributed by atoms with van der Waals surface area (Å²) in [5.74, 6) is 1.53. The van der Waals surface area contributed by atoms with Crippen LogP contribution < -0.4 is 0 Å². The lowest BCUT2D eigenvalue weighted by Crippen LogP contribution is -2.34. The van der Waals surface area contributed by atoms with E-state index in [0.29, 0.717) is 5.92 Å². The molecule has 2 nitrogen and oxygen atoms in total. The molecule has 1 heterocycles. The summed E-state index contributed by atoms with van der Waals surface area (Å²) in [6.45, 7) is 0. The zero-order chi connectivity index (χ0) is 18.3. The Morgan fingerprint density at radius 3 is 2.19 bits per heavy atom. The summed E-state index contributed by atoms with van der Waals surface area (Å²) in [7, 11) is 0. The maximum Gasteiger partial charge on any atom is 0.150 e. The van der Waals surface area contributed by atoms with Gasteiger partial charge in [-0.25, -0.2) is 0 Å². The highest BCUT2D eigenvalue weighted by Gasteiger charge is 2.52. The fraction of sp³-hybridized carbons (Fsp3) is 0.280. The van der Waals surface area contributed by atoms with Crippen LogP contribution in [0.25, 0.3) is 11.3 Å². The molecule has 1 aromatic heterocycles. The predicted octanol–water partition coefficient (Wildman–Crippen LogP) is 5.67. The molecule has 0 saturated heterocycles. The molecule has 2 fully saturated rings. The van der Waals surface area contributed by atoms with E-state index in [1.807, 2.05) is 30.5 Å². The number of carbonyl (C=O) groups is 1. The maximum atomic E-state index is 11.1. The van der Waals surface area contributed by atoms with Crippen molar-refractivity contribution < 1.29 is 4.79 Å². The molecular weight excluding hydrogens is 330 g/mol. The molecule has 2 aliphatic carbocycles. The number of benzene rings is 2. The number of pyridine rings is 1. The molecule has 2 aliphatic rings. The normalized spacial score (nSPS) is 26.2. The molecule has 27 heavy (non-hydrogen) atoms. The summed E-state index contributed by atoms with van der Waals surface area (Å²) in [4.78, 5) is 15.6. The zero-order valence-corrected chi connectivity index (χ0v) is 15.3. The summed E-state index contributed by atoms with van der Waals surface area (Å²) in [6.07, 6.45) is 8.00. The summed E-state index contributed by atoms with van der Waals surface area (Å²) >= 11 is 0. The quantitative estimate of drug-likeness (QED) is 0.566. The van der Waals surface area contributed by atoms with Gasteiger partial charge in [0.2, 0.25) is 0 Å². The molecule has 5 rings (SSSR count). The van der Waals surface area contributed by atoms with Crippen molar-refractivity contribution in [3.8, 4) is 11.3 Å². The second-order valence-corrected chi connectivity index (χ2v) is 8.08. The van der Waals surface area contributed by atoms with Crippen molar-refractivity contribution in [2.75, 3.05) is 0 Å². The molecule has 0 radical (unpaired) electrons. The van der Waals surface area contributed by atoms with E-state index in [0.717, 1.165) is 29.0 Å². The maximum absolute atomic E-state index is 11.1. The van der Waals surface area contributed by atoms with Gasteiger partial charge in [-0.15, -0.1) is 0 Å². The van der Waals surface area contributed by atoms with Crippen molar-refractivity contribution in [2.24, 2.45) is 11.8 Å². The molecule has 2 bridgehead atoms. The van der Waals surface area contributed by atoms with Crippen LogP contribution in [0.2, 0.25) is 0 Å². The third-order valence-corrected chi connectivity index (χ3v) is 6.77. The van der Waals surface area contributed by atoms with Crippen LogP contribution in [0, 0.1) is 11.8 Å². The van der Waals surface area contributed by atoms with Gasteiger partial charge >= 0.3 is 0 Å². The van der Waals surface area contributed by atoms with Crippen LogP contribution >= 0.6 is 0 Å². The monoisotopic (exact) mass is 353 g/mol. The second-order valence-electron chi connectivity index (χ2n) is 8.08. The van der Waals surface area contributed by atoms with Gasteiger partial charge in [-0.3, -0.25) is 9.78 Å². The minimum Gasteiger partial charge on any atom is -0.298 e. The SMILES string of the molecule is O=Cc1ccc([C@]2(c3ccc(-c4ccccn4)cc3)CC3CC[C@@H]2C3)cc1. The van der Waals surface area contributed by atoms with E-state index in [1.54, 1.807) is 0 Å². The number of carbonyl (C=O) groups excluding carboxylic acids is 1. The predicted molar refractivity (Wildman–Crippen MR) is 108 cm³/mol. The fourth-order valence-electron chi connectivity index (χ4n) is 5.53. The van der Waals surface area contributed by atoms with E-state index < -0.39 is 0 Å². The third-order valence-electron chi connectivity index (χ3n) is 6.77. The van der Waals surface area contributed by atoms with Crippen LogP contribution in [0.15, 0.2) is 72.9 Å². The Kier molecular flexibility index (Phi) is 3.93. The number of hydrogen-bond donors (Lipinski definition) is 0. The molecule has 2 saturated carbocycles. The average molecular weight is 353 g/mol. The standard InChI is InChI=1S/C25H23NO/c27-17-18-4-9-21(10-5-18)25(16-19-6-11-23(25)15-19)22-12-7-20(8-13-22)24-3-1-2-14-26-24/h1-5,7-10,12-14,17,19,23H,6,11,15-16H2/t19?,23-,25+/m1/s1. The molecular formula is C25H23NO. The van der Waals surface area contributed by atoms with E-state index >= 15 is 0 Å². The lowest BCUT2D eigenvalue weighted by molar-refractivity contribution is 0.112. The number of aldehydes is 1. The van der Waals surface area contributed by atoms with Gasteiger partial charge in [0.1, 0.15) is 6.29 Å². The van der Waals surface area contributed by atoms with Crippen molar-refractivity contribution in [2.45, 2.75) is 31.1 Å². The number of nitrogens with zero attached hydrogens (tertiary/aromatic N) is 1. The van der Waals surface area contributed by atoms with Gasteiger partial charge in [0.25, 0.3) is 0 Å². The molecule has 0 aliphatic heterocycles. The minimum atomic E-state index is 0.0903. The molecule has 1 unspecified atom stereocenters. The summed E-state index contributed by atoms with van der Waals surface area (Å²) < 4.78 is 0. The van der Waals surface area contributed by atoms with Crippen molar-refractivity contribution in [3.63, 3.8) is 0 Å². The van der Waals surface area contributed by atoms with Crippen molar-refractivity contribution in [1.29, 1.82) is 0 Å². The summed E-state index contributed by atoms with van der Waals surface area (Å²) in [5, 5.41) is 0. The van der Waals surface area contributed by atoms with Crippen LogP contribution in [0.5, 0.6) is 0 Å². The third kappa shape index (κ3) is 2.63. The van der Waals surface area contributed by atoms with Crippen LogP contribution in [0.3, 0.4) is 0 Å². The molecule has 3 atom stereocenters. The Morgan fingerprint density at radius 1 is 0.889 bits per heavy atom. The Morgan fingerprint density at radius 2 is 1.63 bits per heavy atom. The van der Waals surface area contributed by atoms with Gasteiger partial charge in [-0.1, -0.05) is 61.0 Å². The first kappa shape index (κ1) is 16.4. The van der Waals surface area contributed by atoms with Crippen molar-refractivity contribution in [3.05, 3.63) is 89.6 Å². The van der Waals surface area contributed by atoms with E-state index in [9.17, 15) is 4.79 Å². The second kappa shape index (κ2) is 6.45. The Labute approximate surface area is 160 Å². The van der Waals surface area contributed by atoms with Crippen LogP contribution in [0.1, 0.15) is 47.2 Å². The number of fused-ring (bicyclic) bond motifs is 2. The molecule has 2 heteroatoms. The van der Waals surface area contributed by atoms with Gasteiger partial charge in [-0.2, -0.15) is 0 Å². The molecule has 134 valence electrons. The first-order valence-corrected chi connectivity index (χ1v) is 9.87. The smallest absolute Gasteiger partial charge is 0.150 e. The van der Waals surface area contributed by atoms with E-state index in [-0.39, 0.29) is 5.41 Å². The fourth-order valence-corrected chi connectivity index (χ4v) is 5.53. The number of aromatic nitrogens is 1. The Bertz CT molecular complexity index is 946. The van der Waals surface area contributed by atoms with E-state index in [2.05, 4.69) is 47.4 Å². The molecule has 3 aromatic rings. The topological polar surface area (TPSA) is 30.0 Å². The summed E-state index contributed by atoms with van der Waals surface area (Å²) in [5.41, 5.74) is 5.80. The molecule has 0 spiro atoms. The van der Waals surface area contributed by atoms with Crippen molar-refractivity contribution in [1.82, 2.24) is 4.98 Å². The van der Waals surface area contributed by atoms with E-state index in [4.69, 9.17) is 0 Å². The van der Waals surface area contributed by atoms with Gasteiger partial charge in [0.15, 0.2) is 0 Å². The Balaban J connectivity index is 1.58. The molecule has 0 N–H and O–H groups in total. The lowest BCUT2D eigenvalue weighted by Gasteiger charge is -2.39. The van der Waals surface area contributed by atoms with Gasteiger partial charge in [0.05, 0.1) is 5.69 Å². The molecule has 0 amide bonds. The van der Waals surface area contributed by atoms with Gasteiger partial charge in [0, 0.05) is 22.7 Å². The van der Waals surface area contributed by atoms with Gasteiger partial charge < -0.3 is 0 Å². The lowest BCUT2D eigenvalue weighted by atomic mass is 9.64. The van der Waals surface area contributed by atoms with Crippen molar-refractivity contribution >= 4 is 6.29 Å². The van der Waals surface area contributed by atoms with Gasteiger partial charge in [-0.05, 0) is 54.4 Å². The van der Waals surface area contributed by atoms with Crippen LogP contribution in [-0.2, 0) is 5.41 Å². The Hall–Kier alpha value is -2.74. The zero-order valence-electron chi connectivity index (χ0n) is 15.3. The largest absolute Gasteiger partial charge is 0.298 e. The van der Waals surface area contributed by atoms with Crippen LogP contribution in [-0.4, -0.2) is 11.3 Å². The summed E-state index contributed by atoms with van der Waals surface area (Å²) in [6, 6.07) is 23.4. The molecule has 2 aromatic carbocycles. The first-order chi connectivity index (χ1) is 13.3. The first-order valence-electron chi connectivity index (χ1n) is 9.87. The van der Waals surface area contributed by atoms with E-state index in [1.165, 1.54) is 36.8 Å². The highest BCUT2D eigenvalue weighted by atomic mass is 16.1. The minimum absolute atomic E-state index is 0.0903. The number of hydrogen-bond acceptors (Lipinski definition) is 2. The average Bonchev–Trinajstić information content (AvgIpc) is 3.37. The van der Waals surface area contributed by atoms with Crippen LogP contribution in [0.4, 0.5) is 0 Å². The highest BCUT2D eigenvalue weighted by molar-refractivity contribution is 5.74. The highest BCUT2D eigenvalue weighted by Crippen LogP contribution is 2.60. The number of rotatable bonds is 4.